The van der Waals surface area contributed by atoms with Crippen molar-refractivity contribution in [3.8, 4) is 0 Å². The zero-order valence-electron chi connectivity index (χ0n) is 24.0. The van der Waals surface area contributed by atoms with Gasteiger partial charge in [-0.15, -0.1) is 0 Å². The Hall–Kier alpha value is -4.25. The summed E-state index contributed by atoms with van der Waals surface area (Å²) >= 11 is 0. The van der Waals surface area contributed by atoms with Gasteiger partial charge in [0.25, 0.3) is 0 Å². The van der Waals surface area contributed by atoms with Crippen molar-refractivity contribution in [1.29, 1.82) is 0 Å². The van der Waals surface area contributed by atoms with Crippen LogP contribution in [0.25, 0.3) is 10.9 Å². The highest BCUT2D eigenvalue weighted by Crippen LogP contribution is 2.38. The number of hydrogen-bond acceptors (Lipinski definition) is 8. The number of fused-ring (bicyclic) bond motifs is 2. The average molecular weight is 573 g/mol. The molecule has 2 aromatic carbocycles. The Kier molecular flexibility index (Phi) is 7.92. The number of anilines is 4. The molecule has 11 heteroatoms. The fourth-order valence-electron chi connectivity index (χ4n) is 6.10. The Morgan fingerprint density at radius 3 is 2.88 bits per heavy atom. The summed E-state index contributed by atoms with van der Waals surface area (Å²) in [6.07, 6.45) is 5.86. The molecule has 0 bridgehead atoms. The molecule has 0 saturated carbocycles. The van der Waals surface area contributed by atoms with E-state index in [1.807, 2.05) is 35.9 Å². The third-order valence-corrected chi connectivity index (χ3v) is 8.16. The highest BCUT2D eigenvalue weighted by Gasteiger charge is 2.33. The van der Waals surface area contributed by atoms with Crippen LogP contribution in [0.15, 0.2) is 48.8 Å². The van der Waals surface area contributed by atoms with E-state index in [1.54, 1.807) is 18.5 Å². The van der Waals surface area contributed by atoms with Crippen LogP contribution in [0.2, 0.25) is 0 Å². The maximum absolute atomic E-state index is 15.1. The summed E-state index contributed by atoms with van der Waals surface area (Å²) in [5.74, 6) is 0.211. The number of aromatic nitrogens is 4. The van der Waals surface area contributed by atoms with Gasteiger partial charge in [0.2, 0.25) is 11.9 Å². The third kappa shape index (κ3) is 5.48. The summed E-state index contributed by atoms with van der Waals surface area (Å²) in [7, 11) is 0. The number of hydrogen-bond donors (Lipinski definition) is 4. The van der Waals surface area contributed by atoms with Crippen LogP contribution in [0.3, 0.4) is 0 Å². The smallest absolute Gasteiger partial charge is 0.229 e. The first kappa shape index (κ1) is 27.9. The number of aliphatic hydroxyl groups is 1. The summed E-state index contributed by atoms with van der Waals surface area (Å²) in [6, 6.07) is 10.8. The lowest BCUT2D eigenvalue weighted by Gasteiger charge is -2.35. The van der Waals surface area contributed by atoms with Gasteiger partial charge < -0.3 is 26.0 Å². The number of carbonyl (C=O) groups excluding carboxylic acids is 1. The number of rotatable bonds is 9. The summed E-state index contributed by atoms with van der Waals surface area (Å²) < 4.78 is 17.0. The van der Waals surface area contributed by atoms with Crippen molar-refractivity contribution >= 4 is 40.0 Å². The monoisotopic (exact) mass is 572 g/mol. The van der Waals surface area contributed by atoms with Crippen LogP contribution in [0.4, 0.5) is 27.5 Å². The minimum atomic E-state index is -0.634. The van der Waals surface area contributed by atoms with Crippen molar-refractivity contribution in [3.63, 3.8) is 0 Å². The lowest BCUT2D eigenvalue weighted by molar-refractivity contribution is -0.125. The van der Waals surface area contributed by atoms with Gasteiger partial charge in [0, 0.05) is 38.0 Å². The normalized spacial score (nSPS) is 20.0. The average Bonchev–Trinajstić information content (AvgIpc) is 3.53. The molecule has 1 aliphatic heterocycles. The Bertz CT molecular complexity index is 1590. The molecule has 2 aromatic heterocycles. The van der Waals surface area contributed by atoms with E-state index in [2.05, 4.69) is 37.9 Å². The van der Waals surface area contributed by atoms with Gasteiger partial charge in [-0.2, -0.15) is 10.1 Å². The van der Waals surface area contributed by atoms with E-state index in [9.17, 15) is 9.90 Å². The Labute approximate surface area is 244 Å². The molecule has 4 aromatic rings. The molecule has 2 aliphatic rings. The Morgan fingerprint density at radius 1 is 1.19 bits per heavy atom. The third-order valence-electron chi connectivity index (χ3n) is 8.16. The quantitative estimate of drug-likeness (QED) is 0.231. The summed E-state index contributed by atoms with van der Waals surface area (Å²) in [5.41, 5.74) is 3.92. The molecular formula is C31H37FN8O2. The number of benzene rings is 2. The van der Waals surface area contributed by atoms with Crippen molar-refractivity contribution < 1.29 is 14.3 Å². The van der Waals surface area contributed by atoms with Gasteiger partial charge in [-0.25, -0.2) is 9.37 Å². The highest BCUT2D eigenvalue weighted by molar-refractivity contribution is 5.84. The van der Waals surface area contributed by atoms with Gasteiger partial charge in [0.15, 0.2) is 5.82 Å². The Morgan fingerprint density at radius 2 is 2.05 bits per heavy atom. The molecule has 1 saturated heterocycles. The number of nitrogens with zero attached hydrogens (tertiary/aromatic N) is 5. The fraction of sp³-hybridized carbons (Fsp3) is 0.419. The molecule has 1 fully saturated rings. The summed E-state index contributed by atoms with van der Waals surface area (Å²) in [5, 5.41) is 25.6. The van der Waals surface area contributed by atoms with E-state index in [-0.39, 0.29) is 29.5 Å². The van der Waals surface area contributed by atoms with Crippen LogP contribution in [0.1, 0.15) is 50.3 Å². The number of halogens is 1. The first-order valence-electron chi connectivity index (χ1n) is 14.8. The lowest BCUT2D eigenvalue weighted by Crippen LogP contribution is -2.43. The van der Waals surface area contributed by atoms with Crippen molar-refractivity contribution in [2.24, 2.45) is 5.92 Å². The molecule has 42 heavy (non-hydrogen) atoms. The molecule has 6 rings (SSSR count). The first-order valence-corrected chi connectivity index (χ1v) is 14.8. The zero-order chi connectivity index (χ0) is 29.2. The number of carbonyl (C=O) groups is 1. The molecule has 0 unspecified atom stereocenters. The molecule has 1 amide bonds. The van der Waals surface area contributed by atoms with E-state index >= 15 is 4.39 Å². The van der Waals surface area contributed by atoms with Gasteiger partial charge in [0.1, 0.15) is 5.82 Å². The van der Waals surface area contributed by atoms with Crippen LogP contribution >= 0.6 is 0 Å². The number of aryl methyl sites for hydroxylation is 1. The van der Waals surface area contributed by atoms with E-state index in [4.69, 9.17) is 4.98 Å². The predicted molar refractivity (Wildman–Crippen MR) is 161 cm³/mol. The summed E-state index contributed by atoms with van der Waals surface area (Å²) in [6.45, 7) is 6.59. The topological polar surface area (TPSA) is 120 Å². The van der Waals surface area contributed by atoms with Crippen LogP contribution in [0.5, 0.6) is 0 Å². The highest BCUT2D eigenvalue weighted by atomic mass is 19.1. The van der Waals surface area contributed by atoms with Crippen LogP contribution in [-0.4, -0.2) is 56.5 Å². The standard InChI is InChI=1S/C31H37FN8O2/c1-3-11-40-25-15-24(23(32)13-21(25)16-35-40)36-31-34-17-26(39-12-7-9-20(18-39)30(42)33-4-2)29(38-31)37-28-22-10-6-5-8-19(22)14-27(28)41/h5-6,8,10,13,15-17,20,27-28,41H,3-4,7,9,11-12,14,18H2,1-2H3,(H,33,42)(H2,34,36,37,38)/t20-,27+,28-/m0/s1. The van der Waals surface area contributed by atoms with Crippen molar-refractivity contribution in [2.45, 2.75) is 58.2 Å². The van der Waals surface area contributed by atoms with Gasteiger partial charge in [0.05, 0.1) is 47.3 Å². The summed E-state index contributed by atoms with van der Waals surface area (Å²) in [4.78, 5) is 24.2. The van der Waals surface area contributed by atoms with Crippen LogP contribution < -0.4 is 20.9 Å². The molecule has 0 radical (unpaired) electrons. The molecule has 10 nitrogen and oxygen atoms in total. The molecule has 3 heterocycles. The first-order chi connectivity index (χ1) is 20.4. The molecule has 220 valence electrons. The lowest BCUT2D eigenvalue weighted by atomic mass is 9.96. The second-order valence-electron chi connectivity index (χ2n) is 11.1. The zero-order valence-corrected chi connectivity index (χ0v) is 24.0. The molecular weight excluding hydrogens is 535 g/mol. The number of amides is 1. The van der Waals surface area contributed by atoms with Gasteiger partial charge >= 0.3 is 0 Å². The SMILES string of the molecule is CCCn1ncc2cc(F)c(Nc3ncc(N4CCC[C@H](C(=O)NCC)C4)c(N[C@H]4c5ccccc5C[C@H]4O)n3)cc21. The second-order valence-corrected chi connectivity index (χ2v) is 11.1. The van der Waals surface area contributed by atoms with Crippen molar-refractivity contribution in [3.05, 3.63) is 65.7 Å². The van der Waals surface area contributed by atoms with E-state index in [0.29, 0.717) is 25.3 Å². The number of piperidine rings is 1. The minimum Gasteiger partial charge on any atom is -0.390 e. The minimum absolute atomic E-state index is 0.0456. The maximum Gasteiger partial charge on any atom is 0.229 e. The van der Waals surface area contributed by atoms with E-state index in [0.717, 1.165) is 60.1 Å². The molecule has 4 N–H and O–H groups in total. The molecule has 3 atom stereocenters. The van der Waals surface area contributed by atoms with Gasteiger partial charge in [-0.3, -0.25) is 9.48 Å². The van der Waals surface area contributed by atoms with Gasteiger partial charge in [-0.05, 0) is 49.4 Å². The van der Waals surface area contributed by atoms with Crippen LogP contribution in [-0.2, 0) is 17.8 Å². The van der Waals surface area contributed by atoms with E-state index < -0.39 is 11.9 Å². The Balaban J connectivity index is 1.34. The number of aliphatic hydroxyl groups excluding tert-OH is 1. The van der Waals surface area contributed by atoms with Crippen molar-refractivity contribution in [1.82, 2.24) is 25.1 Å². The maximum atomic E-state index is 15.1. The molecule has 1 aliphatic carbocycles. The largest absolute Gasteiger partial charge is 0.390 e. The van der Waals surface area contributed by atoms with Gasteiger partial charge in [-0.1, -0.05) is 31.2 Å². The predicted octanol–water partition coefficient (Wildman–Crippen LogP) is 4.54. The van der Waals surface area contributed by atoms with Crippen molar-refractivity contribution in [2.75, 3.05) is 35.2 Å². The second kappa shape index (κ2) is 11.9. The number of nitrogens with one attached hydrogen (secondary N) is 3. The fourth-order valence-corrected chi connectivity index (χ4v) is 6.10. The van der Waals surface area contributed by atoms with E-state index in [1.165, 1.54) is 6.07 Å². The van der Waals surface area contributed by atoms with Crippen LogP contribution in [0, 0.1) is 11.7 Å². The molecule has 0 spiro atoms.